The van der Waals surface area contributed by atoms with E-state index in [0.717, 1.165) is 32.2 Å². The van der Waals surface area contributed by atoms with Crippen molar-refractivity contribution in [1.82, 2.24) is 5.32 Å². The third-order valence-corrected chi connectivity index (χ3v) is 3.84. The molecule has 0 unspecified atom stereocenters. The monoisotopic (exact) mass is 240 g/mol. The second-order valence-electron chi connectivity index (χ2n) is 5.32. The number of hydrogen-bond donors (Lipinski definition) is 2. The summed E-state index contributed by atoms with van der Waals surface area (Å²) in [4.78, 5) is 11.0. The molecule has 1 rings (SSSR count). The fraction of sp³-hybridized carbons (Fsp3) is 0.929. The Balaban J connectivity index is 1.97. The van der Waals surface area contributed by atoms with Gasteiger partial charge in [-0.3, -0.25) is 4.79 Å². The highest BCUT2D eigenvalue weighted by Gasteiger charge is 2.23. The Morgan fingerprint density at radius 3 is 2.35 bits per heavy atom. The van der Waals surface area contributed by atoms with E-state index in [1.807, 2.05) is 0 Å². The first-order valence-corrected chi connectivity index (χ1v) is 7.26. The maximum atomic E-state index is 11.0. The molecular weight excluding hydrogens is 212 g/mol. The quantitative estimate of drug-likeness (QED) is 0.641. The maximum absolute atomic E-state index is 11.0. The molecule has 1 fully saturated rings. The van der Waals surface area contributed by atoms with Gasteiger partial charge in [0.05, 0.1) is 0 Å². The van der Waals surface area contributed by atoms with Crippen LogP contribution in [0.3, 0.4) is 0 Å². The third-order valence-electron chi connectivity index (χ3n) is 3.84. The van der Waals surface area contributed by atoms with Crippen LogP contribution in [0.15, 0.2) is 0 Å². The summed E-state index contributed by atoms with van der Waals surface area (Å²) in [5.74, 6) is 0.0284. The fourth-order valence-electron chi connectivity index (χ4n) is 2.62. The smallest absolute Gasteiger partial charge is 0.220 e. The summed E-state index contributed by atoms with van der Waals surface area (Å²) in [5.41, 5.74) is 5.32. The molecule has 3 N–H and O–H groups in total. The molecule has 1 aliphatic carbocycles. The summed E-state index contributed by atoms with van der Waals surface area (Å²) in [6.45, 7) is 3.38. The molecule has 1 saturated carbocycles. The molecule has 0 radical (unpaired) electrons. The van der Waals surface area contributed by atoms with E-state index in [1.165, 1.54) is 32.1 Å². The lowest BCUT2D eigenvalue weighted by Gasteiger charge is -2.27. The van der Waals surface area contributed by atoms with Gasteiger partial charge in [0, 0.05) is 12.0 Å². The van der Waals surface area contributed by atoms with E-state index >= 15 is 0 Å². The lowest BCUT2D eigenvalue weighted by atomic mass is 9.85. The highest BCUT2D eigenvalue weighted by atomic mass is 16.1. The lowest BCUT2D eigenvalue weighted by Crippen LogP contribution is -2.37. The minimum atomic E-state index is -0.108. The Morgan fingerprint density at radius 1 is 1.12 bits per heavy atom. The zero-order valence-electron chi connectivity index (χ0n) is 11.2. The lowest BCUT2D eigenvalue weighted by molar-refractivity contribution is -0.122. The molecule has 0 aromatic carbocycles. The van der Waals surface area contributed by atoms with Gasteiger partial charge in [0.1, 0.15) is 0 Å². The van der Waals surface area contributed by atoms with E-state index in [1.54, 1.807) is 0 Å². The summed E-state index contributed by atoms with van der Waals surface area (Å²) in [7, 11) is 0. The van der Waals surface area contributed by atoms with Gasteiger partial charge < -0.3 is 11.1 Å². The molecule has 3 heteroatoms. The van der Waals surface area contributed by atoms with Crippen molar-refractivity contribution in [3.8, 4) is 0 Å². The number of hydrogen-bond acceptors (Lipinski definition) is 2. The van der Waals surface area contributed by atoms with Gasteiger partial charge in [0.2, 0.25) is 5.91 Å². The van der Waals surface area contributed by atoms with Crippen molar-refractivity contribution < 1.29 is 4.79 Å². The van der Waals surface area contributed by atoms with Crippen LogP contribution < -0.4 is 11.1 Å². The van der Waals surface area contributed by atoms with E-state index in [2.05, 4.69) is 12.2 Å². The van der Waals surface area contributed by atoms with Crippen LogP contribution in [0, 0.1) is 5.92 Å². The Hall–Kier alpha value is -0.570. The van der Waals surface area contributed by atoms with Crippen LogP contribution in [0.4, 0.5) is 0 Å². The molecule has 3 nitrogen and oxygen atoms in total. The van der Waals surface area contributed by atoms with Crippen molar-refractivity contribution in [1.29, 1.82) is 0 Å². The van der Waals surface area contributed by atoms with Crippen LogP contribution in [-0.2, 0) is 4.79 Å². The average molecular weight is 240 g/mol. The normalized spacial score (nSPS) is 24.8. The van der Waals surface area contributed by atoms with E-state index in [4.69, 9.17) is 5.73 Å². The van der Waals surface area contributed by atoms with Crippen LogP contribution in [0.1, 0.15) is 64.7 Å². The first-order valence-electron chi connectivity index (χ1n) is 7.26. The minimum Gasteiger partial charge on any atom is -0.369 e. The van der Waals surface area contributed by atoms with Crippen molar-refractivity contribution in [3.63, 3.8) is 0 Å². The summed E-state index contributed by atoms with van der Waals surface area (Å²) in [6, 6.07) is 0.622. The van der Waals surface area contributed by atoms with Gasteiger partial charge in [-0.2, -0.15) is 0 Å². The second-order valence-corrected chi connectivity index (χ2v) is 5.32. The predicted octanol–water partition coefficient (Wildman–Crippen LogP) is 2.59. The standard InChI is InChI=1S/C14H28N2O/c1-2-3-4-5-6-11-16-13-9-7-12(8-10-13)14(15)17/h12-13,16H,2-11H2,1H3,(H2,15,17). The number of unbranched alkanes of at least 4 members (excludes halogenated alkanes) is 4. The van der Waals surface area contributed by atoms with Crippen molar-refractivity contribution in [2.45, 2.75) is 70.8 Å². The molecular formula is C14H28N2O. The fourth-order valence-corrected chi connectivity index (χ4v) is 2.62. The van der Waals surface area contributed by atoms with Crippen LogP contribution in [0.2, 0.25) is 0 Å². The van der Waals surface area contributed by atoms with E-state index < -0.39 is 0 Å². The average Bonchev–Trinajstić information content (AvgIpc) is 2.34. The molecule has 0 bridgehead atoms. The van der Waals surface area contributed by atoms with E-state index in [0.29, 0.717) is 6.04 Å². The summed E-state index contributed by atoms with van der Waals surface area (Å²) in [5, 5.41) is 3.61. The Labute approximate surface area is 106 Å². The van der Waals surface area contributed by atoms with Gasteiger partial charge >= 0.3 is 0 Å². The zero-order valence-corrected chi connectivity index (χ0v) is 11.2. The highest BCUT2D eigenvalue weighted by molar-refractivity contribution is 5.76. The third kappa shape index (κ3) is 6.06. The topological polar surface area (TPSA) is 55.1 Å². The van der Waals surface area contributed by atoms with Crippen molar-refractivity contribution >= 4 is 5.91 Å². The number of carbonyl (C=O) groups is 1. The molecule has 1 aliphatic rings. The molecule has 0 spiro atoms. The SMILES string of the molecule is CCCCCCCNC1CCC(C(N)=O)CC1. The highest BCUT2D eigenvalue weighted by Crippen LogP contribution is 2.23. The first kappa shape index (κ1) is 14.5. The number of primary amides is 1. The molecule has 0 aliphatic heterocycles. The number of carbonyl (C=O) groups excluding carboxylic acids is 1. The maximum Gasteiger partial charge on any atom is 0.220 e. The predicted molar refractivity (Wildman–Crippen MR) is 71.7 cm³/mol. The minimum absolute atomic E-state index is 0.108. The number of nitrogens with one attached hydrogen (secondary N) is 1. The van der Waals surface area contributed by atoms with Crippen molar-refractivity contribution in [2.24, 2.45) is 11.7 Å². The Morgan fingerprint density at radius 2 is 1.76 bits per heavy atom. The van der Waals surface area contributed by atoms with E-state index in [9.17, 15) is 4.79 Å². The molecule has 0 heterocycles. The van der Waals surface area contributed by atoms with Gasteiger partial charge in [-0.05, 0) is 38.6 Å². The Bertz CT molecular complexity index is 210. The molecule has 0 saturated heterocycles. The van der Waals surface area contributed by atoms with Gasteiger partial charge in [-0.15, -0.1) is 0 Å². The van der Waals surface area contributed by atoms with Gasteiger partial charge in [0.25, 0.3) is 0 Å². The first-order chi connectivity index (χ1) is 8.24. The molecule has 0 aromatic rings. The van der Waals surface area contributed by atoms with Gasteiger partial charge in [-0.25, -0.2) is 0 Å². The van der Waals surface area contributed by atoms with Gasteiger partial charge in [-0.1, -0.05) is 32.6 Å². The Kier molecular flexibility index (Phi) is 7.25. The van der Waals surface area contributed by atoms with Crippen LogP contribution >= 0.6 is 0 Å². The van der Waals surface area contributed by atoms with Crippen LogP contribution in [0.5, 0.6) is 0 Å². The van der Waals surface area contributed by atoms with E-state index in [-0.39, 0.29) is 11.8 Å². The van der Waals surface area contributed by atoms with Crippen LogP contribution in [0.25, 0.3) is 0 Å². The summed E-state index contributed by atoms with van der Waals surface area (Å²) >= 11 is 0. The molecule has 0 atom stereocenters. The molecule has 1 amide bonds. The van der Waals surface area contributed by atoms with Crippen molar-refractivity contribution in [3.05, 3.63) is 0 Å². The molecule has 100 valence electrons. The molecule has 0 aromatic heterocycles. The zero-order chi connectivity index (χ0) is 12.5. The summed E-state index contributed by atoms with van der Waals surface area (Å²) in [6.07, 6.45) is 10.9. The van der Waals surface area contributed by atoms with Gasteiger partial charge in [0.15, 0.2) is 0 Å². The largest absolute Gasteiger partial charge is 0.369 e. The second kappa shape index (κ2) is 8.51. The molecule has 17 heavy (non-hydrogen) atoms. The number of amides is 1. The van der Waals surface area contributed by atoms with Crippen molar-refractivity contribution in [2.75, 3.05) is 6.54 Å². The number of nitrogens with two attached hydrogens (primary N) is 1. The van der Waals surface area contributed by atoms with Crippen LogP contribution in [-0.4, -0.2) is 18.5 Å². The number of rotatable bonds is 8. The summed E-state index contributed by atoms with van der Waals surface area (Å²) < 4.78 is 0.